The average Bonchev–Trinajstić information content (AvgIpc) is 2.42. The van der Waals surface area contributed by atoms with Crippen LogP contribution in [0.25, 0.3) is 0 Å². The zero-order chi connectivity index (χ0) is 15.1. The van der Waals surface area contributed by atoms with Gasteiger partial charge in [0.2, 0.25) is 0 Å². The Balaban J connectivity index is 3.22. The third kappa shape index (κ3) is 14.5. The third-order valence-electron chi connectivity index (χ3n) is 3.09. The molecule has 0 radical (unpaired) electrons. The number of rotatable bonds is 15. The summed E-state index contributed by atoms with van der Waals surface area (Å²) in [4.78, 5) is 11.1. The van der Waals surface area contributed by atoms with Gasteiger partial charge in [-0.25, -0.2) is 0 Å². The largest absolute Gasteiger partial charge is 0.756 e. The zero-order valence-electron chi connectivity index (χ0n) is 12.7. The highest BCUT2D eigenvalue weighted by Gasteiger charge is 2.07. The minimum Gasteiger partial charge on any atom is -0.756 e. The first-order valence-corrected chi connectivity index (χ1v) is 9.29. The summed E-state index contributed by atoms with van der Waals surface area (Å²) >= 11 is 0. The molecule has 0 aliphatic heterocycles. The molecule has 0 aliphatic carbocycles. The van der Waals surface area contributed by atoms with E-state index in [1.807, 2.05) is 0 Å². The molecule has 20 heavy (non-hydrogen) atoms. The fourth-order valence-electron chi connectivity index (χ4n) is 1.96. The zero-order valence-corrected chi connectivity index (χ0v) is 13.6. The lowest BCUT2D eigenvalue weighted by Gasteiger charge is -2.21. The second-order valence-corrected chi connectivity index (χ2v) is 6.43. The van der Waals surface area contributed by atoms with Crippen molar-refractivity contribution in [3.63, 3.8) is 0 Å². The van der Waals surface area contributed by atoms with Crippen LogP contribution < -0.4 is 4.89 Å². The highest BCUT2D eigenvalue weighted by molar-refractivity contribution is 7.45. The average molecular weight is 309 g/mol. The van der Waals surface area contributed by atoms with Gasteiger partial charge in [0.15, 0.2) is 0 Å². The van der Waals surface area contributed by atoms with Crippen molar-refractivity contribution >= 4 is 7.82 Å². The highest BCUT2D eigenvalue weighted by atomic mass is 31.2. The lowest BCUT2D eigenvalue weighted by atomic mass is 10.1. The second kappa shape index (κ2) is 14.0. The van der Waals surface area contributed by atoms with E-state index in [-0.39, 0.29) is 19.8 Å². The summed E-state index contributed by atoms with van der Waals surface area (Å²) in [6.07, 6.45) is 11.9. The molecule has 0 fully saturated rings. The van der Waals surface area contributed by atoms with Gasteiger partial charge >= 0.3 is 0 Å². The molecule has 5 nitrogen and oxygen atoms in total. The van der Waals surface area contributed by atoms with Crippen LogP contribution in [0.2, 0.25) is 0 Å². The summed E-state index contributed by atoms with van der Waals surface area (Å²) < 4.78 is 20.2. The molecule has 122 valence electrons. The van der Waals surface area contributed by atoms with E-state index in [4.69, 9.17) is 5.11 Å². The Morgan fingerprint density at radius 2 is 1.30 bits per heavy atom. The predicted molar refractivity (Wildman–Crippen MR) is 78.4 cm³/mol. The van der Waals surface area contributed by atoms with E-state index < -0.39 is 7.82 Å². The molecular weight excluding hydrogens is 279 g/mol. The summed E-state index contributed by atoms with van der Waals surface area (Å²) in [7, 11) is -4.20. The van der Waals surface area contributed by atoms with Gasteiger partial charge in [-0.15, -0.1) is 0 Å². The van der Waals surface area contributed by atoms with Crippen molar-refractivity contribution in [3.8, 4) is 0 Å². The topological polar surface area (TPSA) is 78.8 Å². The first kappa shape index (κ1) is 20.1. The van der Waals surface area contributed by atoms with E-state index in [1.165, 1.54) is 44.9 Å². The molecule has 6 heteroatoms. The van der Waals surface area contributed by atoms with Crippen molar-refractivity contribution in [1.29, 1.82) is 0 Å². The van der Waals surface area contributed by atoms with Gasteiger partial charge < -0.3 is 19.0 Å². The maximum Gasteiger partial charge on any atom is 0.267 e. The van der Waals surface area contributed by atoms with Gasteiger partial charge in [0.25, 0.3) is 7.82 Å². The second-order valence-electron chi connectivity index (χ2n) is 5.02. The van der Waals surface area contributed by atoms with Gasteiger partial charge in [-0.05, 0) is 6.42 Å². The molecule has 0 rings (SSSR count). The summed E-state index contributed by atoms with van der Waals surface area (Å²) in [5, 5.41) is 8.45. The van der Waals surface area contributed by atoms with Crippen LogP contribution in [0.4, 0.5) is 0 Å². The minimum atomic E-state index is -4.20. The van der Waals surface area contributed by atoms with E-state index in [9.17, 15) is 9.46 Å². The Kier molecular flexibility index (Phi) is 14.1. The molecule has 0 aliphatic rings. The number of phosphoric acid groups is 1. The van der Waals surface area contributed by atoms with Crippen molar-refractivity contribution in [2.75, 3.05) is 19.8 Å². The number of phosphoric ester groups is 1. The Hall–Kier alpha value is 0.0700. The first-order valence-electron chi connectivity index (χ1n) is 7.83. The number of aliphatic hydroxyl groups excluding tert-OH is 1. The molecule has 1 unspecified atom stereocenters. The maximum atomic E-state index is 11.1. The van der Waals surface area contributed by atoms with Crippen molar-refractivity contribution in [3.05, 3.63) is 0 Å². The molecule has 0 aromatic heterocycles. The minimum absolute atomic E-state index is 0.169. The summed E-state index contributed by atoms with van der Waals surface area (Å²) in [5.74, 6) is 0. The molecule has 0 bridgehead atoms. The van der Waals surface area contributed by atoms with Gasteiger partial charge in [-0.2, -0.15) is 0 Å². The molecule has 0 saturated carbocycles. The first-order chi connectivity index (χ1) is 9.62. The van der Waals surface area contributed by atoms with Gasteiger partial charge in [-0.3, -0.25) is 4.57 Å². The monoisotopic (exact) mass is 309 g/mol. The van der Waals surface area contributed by atoms with Crippen LogP contribution >= 0.6 is 7.82 Å². The molecule has 0 heterocycles. The Bertz CT molecular complexity index is 248. The molecular formula is C14H30O5P-. The highest BCUT2D eigenvalue weighted by Crippen LogP contribution is 2.37. The lowest BCUT2D eigenvalue weighted by Crippen LogP contribution is -2.11. The molecule has 0 saturated heterocycles. The Morgan fingerprint density at radius 1 is 0.850 bits per heavy atom. The molecule has 0 spiro atoms. The van der Waals surface area contributed by atoms with E-state index in [0.29, 0.717) is 0 Å². The fourth-order valence-corrected chi connectivity index (χ4v) is 2.69. The van der Waals surface area contributed by atoms with Gasteiger partial charge in [0.1, 0.15) is 0 Å². The van der Waals surface area contributed by atoms with Crippen LogP contribution in [0, 0.1) is 0 Å². The summed E-state index contributed by atoms with van der Waals surface area (Å²) in [6, 6.07) is 0. The molecule has 0 aromatic carbocycles. The van der Waals surface area contributed by atoms with E-state index in [2.05, 4.69) is 16.0 Å². The van der Waals surface area contributed by atoms with Crippen molar-refractivity contribution in [2.24, 2.45) is 0 Å². The van der Waals surface area contributed by atoms with Crippen molar-refractivity contribution < 1.29 is 23.6 Å². The number of aliphatic hydroxyl groups is 1. The van der Waals surface area contributed by atoms with E-state index in [1.54, 1.807) is 0 Å². The van der Waals surface area contributed by atoms with Crippen LogP contribution in [0.5, 0.6) is 0 Å². The molecule has 1 atom stereocenters. The standard InChI is InChI=1S/C14H31O5P/c1-2-3-4-5-6-7-8-9-10-11-13-18-20(16,17)19-14-12-15/h15H,2-14H2,1H3,(H,16,17)/p-1. The van der Waals surface area contributed by atoms with Crippen molar-refractivity contribution in [2.45, 2.75) is 71.1 Å². The third-order valence-corrected chi connectivity index (χ3v) is 4.09. The van der Waals surface area contributed by atoms with E-state index >= 15 is 0 Å². The SMILES string of the molecule is CCCCCCCCCCCCOP(=O)([O-])OCCO. The smallest absolute Gasteiger partial charge is 0.267 e. The van der Waals surface area contributed by atoms with Crippen LogP contribution in [-0.2, 0) is 13.6 Å². The normalized spacial score (nSPS) is 14.3. The number of hydrogen-bond acceptors (Lipinski definition) is 5. The van der Waals surface area contributed by atoms with Crippen LogP contribution in [-0.4, -0.2) is 24.9 Å². The van der Waals surface area contributed by atoms with Gasteiger partial charge in [-0.1, -0.05) is 64.7 Å². The Morgan fingerprint density at radius 3 is 1.80 bits per heavy atom. The van der Waals surface area contributed by atoms with E-state index in [0.717, 1.165) is 19.3 Å². The van der Waals surface area contributed by atoms with Crippen LogP contribution in [0.1, 0.15) is 71.1 Å². The quantitative estimate of drug-likeness (QED) is 0.370. The maximum absolute atomic E-state index is 11.1. The summed E-state index contributed by atoms with van der Waals surface area (Å²) in [6.45, 7) is 1.83. The molecule has 0 amide bonds. The van der Waals surface area contributed by atoms with Crippen molar-refractivity contribution in [1.82, 2.24) is 0 Å². The molecule has 0 aromatic rings. The van der Waals surface area contributed by atoms with Gasteiger partial charge in [0, 0.05) is 0 Å². The lowest BCUT2D eigenvalue weighted by molar-refractivity contribution is -0.226. The summed E-state index contributed by atoms with van der Waals surface area (Å²) in [5.41, 5.74) is 0. The predicted octanol–water partition coefficient (Wildman–Crippen LogP) is 3.40. The van der Waals surface area contributed by atoms with Crippen LogP contribution in [0.3, 0.4) is 0 Å². The number of unbranched alkanes of at least 4 members (excludes halogenated alkanes) is 9. The van der Waals surface area contributed by atoms with Gasteiger partial charge in [0.05, 0.1) is 19.8 Å². The molecule has 1 N–H and O–H groups in total. The Labute approximate surface area is 123 Å². The number of hydrogen-bond donors (Lipinski definition) is 1. The fraction of sp³-hybridized carbons (Fsp3) is 1.00. The van der Waals surface area contributed by atoms with Crippen LogP contribution in [0.15, 0.2) is 0 Å².